The van der Waals surface area contributed by atoms with E-state index in [4.69, 9.17) is 14.0 Å². The van der Waals surface area contributed by atoms with Gasteiger partial charge in [-0.2, -0.15) is 4.98 Å². The molecule has 1 aliphatic heterocycles. The van der Waals surface area contributed by atoms with Crippen molar-refractivity contribution >= 4 is 11.8 Å². The highest BCUT2D eigenvalue weighted by atomic mass is 16.5. The number of benzene rings is 1. The third kappa shape index (κ3) is 5.85. The van der Waals surface area contributed by atoms with Crippen molar-refractivity contribution in [2.24, 2.45) is 0 Å². The third-order valence-electron chi connectivity index (χ3n) is 5.02. The van der Waals surface area contributed by atoms with E-state index in [-0.39, 0.29) is 36.3 Å². The summed E-state index contributed by atoms with van der Waals surface area (Å²) in [5.41, 5.74) is 0.271. The summed E-state index contributed by atoms with van der Waals surface area (Å²) in [5, 5.41) is 6.49. The summed E-state index contributed by atoms with van der Waals surface area (Å²) >= 11 is 0. The first-order valence-electron chi connectivity index (χ1n) is 10.8. The highest BCUT2D eigenvalue weighted by Gasteiger charge is 2.24. The lowest BCUT2D eigenvalue weighted by Gasteiger charge is -2.23. The van der Waals surface area contributed by atoms with Gasteiger partial charge in [0.05, 0.1) is 19.7 Å². The van der Waals surface area contributed by atoms with Crippen LogP contribution < -0.4 is 14.8 Å². The largest absolute Gasteiger partial charge is 0.490 e. The smallest absolute Gasteiger partial charge is 0.259 e. The molecule has 0 atom stereocenters. The summed E-state index contributed by atoms with van der Waals surface area (Å²) in [5.74, 6) is 1.36. The van der Waals surface area contributed by atoms with Crippen LogP contribution in [-0.2, 0) is 11.3 Å². The predicted octanol–water partition coefficient (Wildman–Crippen LogP) is 2.89. The van der Waals surface area contributed by atoms with Crippen molar-refractivity contribution in [2.75, 3.05) is 19.7 Å². The Kier molecular flexibility index (Phi) is 7.13. The fourth-order valence-corrected chi connectivity index (χ4v) is 3.40. The van der Waals surface area contributed by atoms with Gasteiger partial charge >= 0.3 is 0 Å². The maximum absolute atomic E-state index is 13.4. The molecular formula is C23H25N5O5. The molecule has 4 rings (SSSR count). The minimum atomic E-state index is -0.332. The maximum atomic E-state index is 13.4. The van der Waals surface area contributed by atoms with E-state index in [0.29, 0.717) is 36.4 Å². The standard InChI is InChI=1S/C23H25N5O5/c1-16-26-20(27-33-16)14-25-21(29)15-28-12-5-2-6-13-31-18-9-3-4-10-19(18)32-22-17(23(28)30)8-7-11-24-22/h3-4,7-11H,2,5-6,12-15H2,1H3,(H,25,29). The highest BCUT2D eigenvalue weighted by Crippen LogP contribution is 2.32. The molecule has 33 heavy (non-hydrogen) atoms. The van der Waals surface area contributed by atoms with E-state index < -0.39 is 0 Å². The number of fused-ring (bicyclic) bond motifs is 2. The molecule has 0 spiro atoms. The number of nitrogens with zero attached hydrogens (tertiary/aromatic N) is 4. The molecule has 2 amide bonds. The fourth-order valence-electron chi connectivity index (χ4n) is 3.40. The Morgan fingerprint density at radius 3 is 2.79 bits per heavy atom. The zero-order valence-electron chi connectivity index (χ0n) is 18.3. The molecule has 0 aliphatic carbocycles. The van der Waals surface area contributed by atoms with Crippen LogP contribution in [-0.4, -0.2) is 51.5 Å². The van der Waals surface area contributed by atoms with Gasteiger partial charge in [-0.1, -0.05) is 17.3 Å². The van der Waals surface area contributed by atoms with Crippen molar-refractivity contribution < 1.29 is 23.6 Å². The van der Waals surface area contributed by atoms with Gasteiger partial charge in [0.2, 0.25) is 17.7 Å². The van der Waals surface area contributed by atoms with Crippen LogP contribution in [0.15, 0.2) is 47.1 Å². The molecule has 1 N–H and O–H groups in total. The van der Waals surface area contributed by atoms with Gasteiger partial charge in [0.1, 0.15) is 5.56 Å². The van der Waals surface area contributed by atoms with Gasteiger partial charge in [-0.3, -0.25) is 9.59 Å². The van der Waals surface area contributed by atoms with Crippen molar-refractivity contribution in [3.05, 3.63) is 59.9 Å². The molecular weight excluding hydrogens is 426 g/mol. The Balaban J connectivity index is 1.53. The molecule has 10 heteroatoms. The second kappa shape index (κ2) is 10.6. The van der Waals surface area contributed by atoms with Crippen LogP contribution in [0.1, 0.15) is 41.3 Å². The van der Waals surface area contributed by atoms with Gasteiger partial charge in [0.25, 0.3) is 5.91 Å². The average Bonchev–Trinajstić information content (AvgIpc) is 3.25. The number of amides is 2. The molecule has 2 aromatic heterocycles. The van der Waals surface area contributed by atoms with Crippen molar-refractivity contribution in [1.82, 2.24) is 25.3 Å². The van der Waals surface area contributed by atoms with E-state index in [2.05, 4.69) is 20.4 Å². The molecule has 3 aromatic rings. The summed E-state index contributed by atoms with van der Waals surface area (Å²) in [6.45, 7) is 2.61. The molecule has 0 unspecified atom stereocenters. The van der Waals surface area contributed by atoms with Crippen molar-refractivity contribution in [3.8, 4) is 17.4 Å². The zero-order valence-corrected chi connectivity index (χ0v) is 18.3. The van der Waals surface area contributed by atoms with Crippen LogP contribution in [0.2, 0.25) is 0 Å². The Bertz CT molecular complexity index is 1120. The second-order valence-electron chi connectivity index (χ2n) is 7.55. The summed E-state index contributed by atoms with van der Waals surface area (Å²) in [6, 6.07) is 10.6. The number of aromatic nitrogens is 3. The van der Waals surface area contributed by atoms with Gasteiger partial charge in [0.15, 0.2) is 17.3 Å². The van der Waals surface area contributed by atoms with E-state index in [1.54, 1.807) is 31.3 Å². The predicted molar refractivity (Wildman–Crippen MR) is 117 cm³/mol. The quantitative estimate of drug-likeness (QED) is 0.643. The van der Waals surface area contributed by atoms with Crippen molar-refractivity contribution in [3.63, 3.8) is 0 Å². The lowest BCUT2D eigenvalue weighted by atomic mass is 10.2. The number of nitrogens with one attached hydrogen (secondary N) is 1. The Morgan fingerprint density at radius 2 is 1.97 bits per heavy atom. The fraction of sp³-hybridized carbons (Fsp3) is 0.348. The molecule has 0 fully saturated rings. The topological polar surface area (TPSA) is 120 Å². The molecule has 0 bridgehead atoms. The number of para-hydroxylation sites is 2. The van der Waals surface area contributed by atoms with E-state index in [1.165, 1.54) is 4.90 Å². The lowest BCUT2D eigenvalue weighted by molar-refractivity contribution is -0.122. The van der Waals surface area contributed by atoms with Gasteiger partial charge in [-0.25, -0.2) is 4.98 Å². The number of hydrogen-bond acceptors (Lipinski definition) is 8. The zero-order chi connectivity index (χ0) is 23.0. The first-order valence-corrected chi connectivity index (χ1v) is 10.8. The van der Waals surface area contributed by atoms with Crippen molar-refractivity contribution in [1.29, 1.82) is 0 Å². The van der Waals surface area contributed by atoms with Crippen LogP contribution >= 0.6 is 0 Å². The molecule has 0 saturated carbocycles. The van der Waals surface area contributed by atoms with Gasteiger partial charge < -0.3 is 24.2 Å². The van der Waals surface area contributed by atoms with Crippen molar-refractivity contribution in [2.45, 2.75) is 32.7 Å². The molecule has 172 valence electrons. The first kappa shape index (κ1) is 22.3. The van der Waals surface area contributed by atoms with Gasteiger partial charge in [-0.05, 0) is 43.5 Å². The number of rotatable bonds is 4. The van der Waals surface area contributed by atoms with Crippen LogP contribution in [0.5, 0.6) is 17.4 Å². The Hall–Kier alpha value is -3.95. The summed E-state index contributed by atoms with van der Waals surface area (Å²) in [4.78, 5) is 35.8. The normalized spacial score (nSPS) is 14.5. The first-order chi connectivity index (χ1) is 16.1. The van der Waals surface area contributed by atoms with Crippen LogP contribution in [0.4, 0.5) is 0 Å². The summed E-state index contributed by atoms with van der Waals surface area (Å²) < 4.78 is 16.8. The number of aryl methyl sites for hydroxylation is 1. The average molecular weight is 451 g/mol. The van der Waals surface area contributed by atoms with E-state index in [9.17, 15) is 9.59 Å². The Morgan fingerprint density at radius 1 is 1.12 bits per heavy atom. The number of pyridine rings is 1. The lowest BCUT2D eigenvalue weighted by Crippen LogP contribution is -2.41. The number of hydrogen-bond donors (Lipinski definition) is 1. The van der Waals surface area contributed by atoms with Crippen LogP contribution in [0.25, 0.3) is 0 Å². The van der Waals surface area contributed by atoms with Crippen LogP contribution in [0, 0.1) is 6.92 Å². The molecule has 1 aliphatic rings. The van der Waals surface area contributed by atoms with Gasteiger partial charge in [0, 0.05) is 19.7 Å². The molecule has 3 heterocycles. The summed E-state index contributed by atoms with van der Waals surface area (Å²) in [7, 11) is 0. The molecule has 1 aromatic carbocycles. The van der Waals surface area contributed by atoms with Gasteiger partial charge in [-0.15, -0.1) is 0 Å². The minimum Gasteiger partial charge on any atom is -0.490 e. The monoisotopic (exact) mass is 451 g/mol. The summed E-state index contributed by atoms with van der Waals surface area (Å²) in [6.07, 6.45) is 3.93. The maximum Gasteiger partial charge on any atom is 0.259 e. The number of carbonyl (C=O) groups is 2. The van der Waals surface area contributed by atoms with E-state index >= 15 is 0 Å². The minimum absolute atomic E-state index is 0.114. The highest BCUT2D eigenvalue weighted by molar-refractivity contribution is 5.98. The van der Waals surface area contributed by atoms with Crippen LogP contribution in [0.3, 0.4) is 0 Å². The van der Waals surface area contributed by atoms with E-state index in [0.717, 1.165) is 19.3 Å². The molecule has 0 saturated heterocycles. The second-order valence-corrected chi connectivity index (χ2v) is 7.55. The molecule has 10 nitrogen and oxygen atoms in total. The number of carbonyl (C=O) groups excluding carboxylic acids is 2. The SMILES string of the molecule is Cc1nc(CNC(=O)CN2CCCCCOc3ccccc3Oc3ncccc3C2=O)no1. The van der Waals surface area contributed by atoms with E-state index in [1.807, 2.05) is 18.2 Å². The number of ether oxygens (including phenoxy) is 2. The third-order valence-corrected chi connectivity index (χ3v) is 5.02. The Labute approximate surface area is 190 Å². The molecule has 0 radical (unpaired) electrons.